The van der Waals surface area contributed by atoms with Gasteiger partial charge in [0.15, 0.2) is 0 Å². The lowest BCUT2D eigenvalue weighted by atomic mass is 10.2. The molecule has 2 N–H and O–H groups in total. The molecule has 1 atom stereocenters. The summed E-state index contributed by atoms with van der Waals surface area (Å²) in [7, 11) is 0. The summed E-state index contributed by atoms with van der Waals surface area (Å²) in [5, 5.41) is 13.1. The highest BCUT2D eigenvalue weighted by Crippen LogP contribution is 2.37. The summed E-state index contributed by atoms with van der Waals surface area (Å²) < 4.78 is 0. The third-order valence-corrected chi connectivity index (χ3v) is 3.45. The van der Waals surface area contributed by atoms with Crippen molar-refractivity contribution < 1.29 is 5.11 Å². The number of fused-ring (bicyclic) bond motifs is 1. The Labute approximate surface area is 82.4 Å². The van der Waals surface area contributed by atoms with Crippen LogP contribution in [0.15, 0.2) is 23.1 Å². The molecule has 1 unspecified atom stereocenters. The van der Waals surface area contributed by atoms with E-state index in [1.807, 2.05) is 23.9 Å². The van der Waals surface area contributed by atoms with Gasteiger partial charge < -0.3 is 10.4 Å². The molecule has 0 radical (unpaired) electrons. The van der Waals surface area contributed by atoms with Gasteiger partial charge >= 0.3 is 0 Å². The highest BCUT2D eigenvalue weighted by atomic mass is 32.2. The van der Waals surface area contributed by atoms with E-state index in [1.165, 1.54) is 4.90 Å². The van der Waals surface area contributed by atoms with Crippen LogP contribution in [-0.2, 0) is 6.61 Å². The van der Waals surface area contributed by atoms with Crippen LogP contribution in [0.2, 0.25) is 0 Å². The van der Waals surface area contributed by atoms with Crippen molar-refractivity contribution in [3.63, 3.8) is 0 Å². The SMILES string of the molecule is CC1CNc2cccc(CO)c2S1. The average Bonchev–Trinajstić information content (AvgIpc) is 2.17. The number of anilines is 1. The molecular weight excluding hydrogens is 182 g/mol. The van der Waals surface area contributed by atoms with Gasteiger partial charge in [-0.05, 0) is 11.6 Å². The predicted octanol–water partition coefficient (Wildman–Crippen LogP) is 2.09. The smallest absolute Gasteiger partial charge is 0.0693 e. The van der Waals surface area contributed by atoms with E-state index in [2.05, 4.69) is 18.3 Å². The second-order valence-electron chi connectivity index (χ2n) is 3.26. The Hall–Kier alpha value is -0.670. The average molecular weight is 195 g/mol. The van der Waals surface area contributed by atoms with Crippen LogP contribution < -0.4 is 5.32 Å². The van der Waals surface area contributed by atoms with Gasteiger partial charge in [-0.25, -0.2) is 0 Å². The third kappa shape index (κ3) is 1.67. The van der Waals surface area contributed by atoms with Crippen molar-refractivity contribution in [2.24, 2.45) is 0 Å². The Morgan fingerprint density at radius 2 is 2.46 bits per heavy atom. The first-order chi connectivity index (χ1) is 6.31. The fourth-order valence-electron chi connectivity index (χ4n) is 1.48. The van der Waals surface area contributed by atoms with Gasteiger partial charge in [-0.2, -0.15) is 0 Å². The Balaban J connectivity index is 2.41. The lowest BCUT2D eigenvalue weighted by Crippen LogP contribution is -2.19. The van der Waals surface area contributed by atoms with Gasteiger partial charge in [-0.15, -0.1) is 11.8 Å². The highest BCUT2D eigenvalue weighted by Gasteiger charge is 2.17. The summed E-state index contributed by atoms with van der Waals surface area (Å²) >= 11 is 1.84. The minimum atomic E-state index is 0.130. The Kier molecular flexibility index (Phi) is 2.47. The van der Waals surface area contributed by atoms with Crippen molar-refractivity contribution in [1.29, 1.82) is 0 Å². The fourth-order valence-corrected chi connectivity index (χ4v) is 2.60. The number of rotatable bonds is 1. The lowest BCUT2D eigenvalue weighted by Gasteiger charge is -2.24. The minimum absolute atomic E-state index is 0.130. The fraction of sp³-hybridized carbons (Fsp3) is 0.400. The highest BCUT2D eigenvalue weighted by molar-refractivity contribution is 8.00. The normalized spacial score (nSPS) is 20.6. The molecule has 1 aromatic rings. The summed E-state index contributed by atoms with van der Waals surface area (Å²) in [5.74, 6) is 0. The second kappa shape index (κ2) is 3.60. The van der Waals surface area contributed by atoms with Crippen LogP contribution in [0.5, 0.6) is 0 Å². The first kappa shape index (κ1) is 8.91. The Morgan fingerprint density at radius 1 is 1.62 bits per heavy atom. The van der Waals surface area contributed by atoms with Gasteiger partial charge in [0.05, 0.1) is 6.61 Å². The van der Waals surface area contributed by atoms with Crippen molar-refractivity contribution in [3.05, 3.63) is 23.8 Å². The molecule has 0 aromatic heterocycles. The molecule has 3 heteroatoms. The molecule has 0 saturated heterocycles. The number of nitrogens with one attached hydrogen (secondary N) is 1. The van der Waals surface area contributed by atoms with Gasteiger partial charge in [0, 0.05) is 22.4 Å². The van der Waals surface area contributed by atoms with Crippen molar-refractivity contribution in [2.45, 2.75) is 23.7 Å². The molecule has 0 bridgehead atoms. The van der Waals surface area contributed by atoms with Crippen molar-refractivity contribution in [3.8, 4) is 0 Å². The van der Waals surface area contributed by atoms with E-state index in [0.29, 0.717) is 5.25 Å². The molecule has 2 nitrogen and oxygen atoms in total. The van der Waals surface area contributed by atoms with Crippen LogP contribution in [-0.4, -0.2) is 16.9 Å². The molecule has 70 valence electrons. The van der Waals surface area contributed by atoms with Crippen molar-refractivity contribution in [2.75, 3.05) is 11.9 Å². The molecule has 0 amide bonds. The zero-order chi connectivity index (χ0) is 9.26. The van der Waals surface area contributed by atoms with Gasteiger partial charge in [-0.3, -0.25) is 0 Å². The maximum Gasteiger partial charge on any atom is 0.0693 e. The zero-order valence-electron chi connectivity index (χ0n) is 7.58. The van der Waals surface area contributed by atoms with Crippen LogP contribution >= 0.6 is 11.8 Å². The molecule has 0 aliphatic carbocycles. The van der Waals surface area contributed by atoms with Crippen LogP contribution in [0.25, 0.3) is 0 Å². The number of aliphatic hydroxyl groups excluding tert-OH is 1. The molecule has 1 aliphatic heterocycles. The van der Waals surface area contributed by atoms with Gasteiger partial charge in [-0.1, -0.05) is 19.1 Å². The van der Waals surface area contributed by atoms with Crippen LogP contribution in [0, 0.1) is 0 Å². The van der Waals surface area contributed by atoms with Gasteiger partial charge in [0.1, 0.15) is 0 Å². The van der Waals surface area contributed by atoms with E-state index in [4.69, 9.17) is 5.11 Å². The monoisotopic (exact) mass is 195 g/mol. The molecule has 0 saturated carbocycles. The number of thioether (sulfide) groups is 1. The molecule has 0 fully saturated rings. The standard InChI is InChI=1S/C10H13NOS/c1-7-5-11-9-4-2-3-8(6-12)10(9)13-7/h2-4,7,11-12H,5-6H2,1H3. The molecule has 13 heavy (non-hydrogen) atoms. The predicted molar refractivity (Wildman–Crippen MR) is 56.2 cm³/mol. The van der Waals surface area contributed by atoms with Gasteiger partial charge in [0.25, 0.3) is 0 Å². The molecule has 2 rings (SSSR count). The van der Waals surface area contributed by atoms with Crippen LogP contribution in [0.4, 0.5) is 5.69 Å². The maximum absolute atomic E-state index is 9.14. The maximum atomic E-state index is 9.14. The number of benzene rings is 1. The minimum Gasteiger partial charge on any atom is -0.392 e. The number of hydrogen-bond donors (Lipinski definition) is 2. The van der Waals surface area contributed by atoms with E-state index in [9.17, 15) is 0 Å². The molecule has 1 aliphatic rings. The molecule has 1 aromatic carbocycles. The van der Waals surface area contributed by atoms with E-state index in [-0.39, 0.29) is 6.61 Å². The van der Waals surface area contributed by atoms with Crippen LogP contribution in [0.3, 0.4) is 0 Å². The quantitative estimate of drug-likeness (QED) is 0.719. The largest absolute Gasteiger partial charge is 0.392 e. The Morgan fingerprint density at radius 3 is 3.23 bits per heavy atom. The van der Waals surface area contributed by atoms with Crippen molar-refractivity contribution in [1.82, 2.24) is 0 Å². The summed E-state index contributed by atoms with van der Waals surface area (Å²) in [6.45, 7) is 3.33. The summed E-state index contributed by atoms with van der Waals surface area (Å²) in [6.07, 6.45) is 0. The first-order valence-electron chi connectivity index (χ1n) is 4.44. The van der Waals surface area contributed by atoms with Crippen LogP contribution in [0.1, 0.15) is 12.5 Å². The summed E-state index contributed by atoms with van der Waals surface area (Å²) in [5.41, 5.74) is 2.19. The van der Waals surface area contributed by atoms with Gasteiger partial charge in [0.2, 0.25) is 0 Å². The number of aliphatic hydroxyl groups is 1. The molecule has 0 spiro atoms. The van der Waals surface area contributed by atoms with Crippen molar-refractivity contribution >= 4 is 17.4 Å². The summed E-state index contributed by atoms with van der Waals surface area (Å²) in [4.78, 5) is 1.21. The third-order valence-electron chi connectivity index (χ3n) is 2.17. The zero-order valence-corrected chi connectivity index (χ0v) is 8.40. The second-order valence-corrected chi connectivity index (χ2v) is 4.71. The van der Waals surface area contributed by atoms with E-state index >= 15 is 0 Å². The topological polar surface area (TPSA) is 32.3 Å². The molecule has 1 heterocycles. The number of hydrogen-bond acceptors (Lipinski definition) is 3. The van der Waals surface area contributed by atoms with E-state index < -0.39 is 0 Å². The lowest BCUT2D eigenvalue weighted by molar-refractivity contribution is 0.279. The molecular formula is C10H13NOS. The van der Waals surface area contributed by atoms with E-state index in [1.54, 1.807) is 0 Å². The summed E-state index contributed by atoms with van der Waals surface area (Å²) in [6, 6.07) is 6.02. The van der Waals surface area contributed by atoms with E-state index in [0.717, 1.165) is 17.8 Å². The first-order valence-corrected chi connectivity index (χ1v) is 5.32. The Bertz CT molecular complexity index is 300.